The van der Waals surface area contributed by atoms with Crippen molar-refractivity contribution in [3.63, 3.8) is 0 Å². The number of rotatable bonds is 8. The van der Waals surface area contributed by atoms with Crippen LogP contribution in [0.2, 0.25) is 0 Å². The first-order valence-corrected chi connectivity index (χ1v) is 9.89. The van der Waals surface area contributed by atoms with E-state index in [1.807, 2.05) is 17.5 Å². The summed E-state index contributed by atoms with van der Waals surface area (Å²) in [7, 11) is 0. The molecule has 7 nitrogen and oxygen atoms in total. The van der Waals surface area contributed by atoms with Gasteiger partial charge < -0.3 is 15.8 Å². The van der Waals surface area contributed by atoms with E-state index in [0.717, 1.165) is 28.2 Å². The third kappa shape index (κ3) is 4.98. The highest BCUT2D eigenvalue weighted by Gasteiger charge is 2.12. The number of carbonyl (C=O) groups excluding carboxylic acids is 1. The molecule has 3 aromatic rings. The van der Waals surface area contributed by atoms with Crippen molar-refractivity contribution in [1.29, 1.82) is 0 Å². The molecule has 0 bridgehead atoms. The minimum Gasteiger partial charge on any atom is -0.494 e. The number of carbonyl (C=O) groups is 1. The van der Waals surface area contributed by atoms with Crippen molar-refractivity contribution in [1.82, 2.24) is 9.78 Å². The van der Waals surface area contributed by atoms with Crippen LogP contribution in [0.25, 0.3) is 10.6 Å². The average molecular weight is 398 g/mol. The highest BCUT2D eigenvalue weighted by atomic mass is 32.1. The van der Waals surface area contributed by atoms with Gasteiger partial charge in [-0.3, -0.25) is 9.59 Å². The van der Waals surface area contributed by atoms with Crippen LogP contribution in [0.3, 0.4) is 0 Å². The van der Waals surface area contributed by atoms with Crippen molar-refractivity contribution in [2.24, 2.45) is 0 Å². The maximum absolute atomic E-state index is 12.4. The van der Waals surface area contributed by atoms with Crippen molar-refractivity contribution in [2.45, 2.75) is 26.3 Å². The molecule has 0 saturated heterocycles. The molecule has 0 saturated carbocycles. The number of ether oxygens (including phenoxy) is 1. The number of amides is 1. The van der Waals surface area contributed by atoms with E-state index in [1.165, 1.54) is 17.4 Å². The normalized spacial score (nSPS) is 10.6. The Kier molecular flexibility index (Phi) is 6.44. The van der Waals surface area contributed by atoms with Crippen LogP contribution < -0.4 is 21.3 Å². The third-order valence-corrected chi connectivity index (χ3v) is 4.87. The maximum atomic E-state index is 12.4. The van der Waals surface area contributed by atoms with Crippen LogP contribution in [0.15, 0.2) is 52.6 Å². The van der Waals surface area contributed by atoms with Gasteiger partial charge in [-0.15, -0.1) is 11.3 Å². The SMILES string of the molecule is CCCCOc1ccc(NC(=O)Cn2nc(-c3cccs3)cc(N)c2=O)cc1. The van der Waals surface area contributed by atoms with E-state index in [9.17, 15) is 9.59 Å². The van der Waals surface area contributed by atoms with Crippen LogP contribution in [0.5, 0.6) is 5.75 Å². The van der Waals surface area contributed by atoms with Gasteiger partial charge in [0, 0.05) is 5.69 Å². The highest BCUT2D eigenvalue weighted by Crippen LogP contribution is 2.22. The van der Waals surface area contributed by atoms with Crippen LogP contribution in [0.1, 0.15) is 19.8 Å². The lowest BCUT2D eigenvalue weighted by atomic mass is 10.3. The fourth-order valence-corrected chi connectivity index (χ4v) is 3.20. The monoisotopic (exact) mass is 398 g/mol. The predicted molar refractivity (Wildman–Crippen MR) is 112 cm³/mol. The number of nitrogens with one attached hydrogen (secondary N) is 1. The summed E-state index contributed by atoms with van der Waals surface area (Å²) < 4.78 is 6.68. The summed E-state index contributed by atoms with van der Waals surface area (Å²) in [6.45, 7) is 2.54. The quantitative estimate of drug-likeness (QED) is 0.567. The average Bonchev–Trinajstić information content (AvgIpc) is 3.22. The Morgan fingerprint density at radius 2 is 2.07 bits per heavy atom. The molecule has 0 fully saturated rings. The number of nitrogens with zero attached hydrogens (tertiary/aromatic N) is 2. The molecule has 3 rings (SSSR count). The molecular weight excluding hydrogens is 376 g/mol. The first-order valence-electron chi connectivity index (χ1n) is 9.01. The number of thiophene rings is 1. The van der Waals surface area contributed by atoms with Gasteiger partial charge in [0.1, 0.15) is 23.7 Å². The van der Waals surface area contributed by atoms with Gasteiger partial charge in [-0.2, -0.15) is 5.10 Å². The van der Waals surface area contributed by atoms with Crippen LogP contribution >= 0.6 is 11.3 Å². The molecule has 2 aromatic heterocycles. The molecule has 0 aliphatic rings. The summed E-state index contributed by atoms with van der Waals surface area (Å²) in [6, 6.07) is 12.4. The fourth-order valence-electron chi connectivity index (χ4n) is 2.52. The van der Waals surface area contributed by atoms with Gasteiger partial charge in [-0.25, -0.2) is 4.68 Å². The Morgan fingerprint density at radius 3 is 2.75 bits per heavy atom. The van der Waals surface area contributed by atoms with Crippen LogP contribution in [0.4, 0.5) is 11.4 Å². The second-order valence-corrected chi connectivity index (χ2v) is 7.15. The van der Waals surface area contributed by atoms with Gasteiger partial charge in [0.05, 0.1) is 11.5 Å². The van der Waals surface area contributed by atoms with Crippen molar-refractivity contribution in [3.05, 3.63) is 58.2 Å². The first-order chi connectivity index (χ1) is 13.6. The van der Waals surface area contributed by atoms with Crippen molar-refractivity contribution in [3.8, 4) is 16.3 Å². The summed E-state index contributed by atoms with van der Waals surface area (Å²) in [5, 5.41) is 8.93. The molecule has 0 aliphatic heterocycles. The van der Waals surface area contributed by atoms with E-state index in [-0.39, 0.29) is 18.1 Å². The Morgan fingerprint density at radius 1 is 1.29 bits per heavy atom. The van der Waals surface area contributed by atoms with E-state index in [4.69, 9.17) is 10.5 Å². The number of unbranched alkanes of at least 4 members (excludes halogenated alkanes) is 1. The molecule has 3 N–H and O–H groups in total. The van der Waals surface area contributed by atoms with Gasteiger partial charge in [0.15, 0.2) is 0 Å². The number of nitrogen functional groups attached to an aromatic ring is 1. The standard InChI is InChI=1S/C20H22N4O3S/c1-2-3-10-27-15-8-6-14(7-9-15)22-19(25)13-24-20(26)16(21)12-17(23-24)18-5-4-11-28-18/h4-9,11-12H,2-3,10,13,21H2,1H3,(H,22,25). The molecule has 1 aromatic carbocycles. The van der Waals surface area contributed by atoms with Gasteiger partial charge in [-0.05, 0) is 48.2 Å². The maximum Gasteiger partial charge on any atom is 0.290 e. The zero-order valence-corrected chi connectivity index (χ0v) is 16.4. The number of hydrogen-bond acceptors (Lipinski definition) is 6. The Hall–Kier alpha value is -3.13. The smallest absolute Gasteiger partial charge is 0.290 e. The summed E-state index contributed by atoms with van der Waals surface area (Å²) in [6.07, 6.45) is 2.06. The second-order valence-electron chi connectivity index (χ2n) is 6.20. The van der Waals surface area contributed by atoms with E-state index in [0.29, 0.717) is 18.0 Å². The summed E-state index contributed by atoms with van der Waals surface area (Å²) in [5.41, 5.74) is 6.55. The lowest BCUT2D eigenvalue weighted by molar-refractivity contribution is -0.117. The van der Waals surface area contributed by atoms with Crippen LogP contribution in [-0.4, -0.2) is 22.3 Å². The van der Waals surface area contributed by atoms with E-state index >= 15 is 0 Å². The Labute approximate surface area is 166 Å². The minimum absolute atomic E-state index is 0.0554. The molecule has 8 heteroatoms. The zero-order chi connectivity index (χ0) is 19.9. The molecule has 1 amide bonds. The number of nitrogens with two attached hydrogens (primary N) is 1. The van der Waals surface area contributed by atoms with E-state index in [2.05, 4.69) is 17.3 Å². The molecule has 0 aliphatic carbocycles. The van der Waals surface area contributed by atoms with Crippen LogP contribution in [-0.2, 0) is 11.3 Å². The molecular formula is C20H22N4O3S. The lowest BCUT2D eigenvalue weighted by Gasteiger charge is -2.10. The van der Waals surface area contributed by atoms with E-state index < -0.39 is 5.56 Å². The summed E-state index contributed by atoms with van der Waals surface area (Å²) >= 11 is 1.48. The van der Waals surface area contributed by atoms with Gasteiger partial charge in [0.25, 0.3) is 5.56 Å². The predicted octanol–water partition coefficient (Wildman–Crippen LogP) is 3.37. The third-order valence-electron chi connectivity index (χ3n) is 3.97. The Bertz CT molecular complexity index is 982. The topological polar surface area (TPSA) is 99.2 Å². The van der Waals surface area contributed by atoms with E-state index in [1.54, 1.807) is 24.3 Å². The number of aromatic nitrogens is 2. The number of anilines is 2. The Balaban J connectivity index is 1.67. The van der Waals surface area contributed by atoms with Crippen LogP contribution in [0, 0.1) is 0 Å². The lowest BCUT2D eigenvalue weighted by Crippen LogP contribution is -2.31. The molecule has 0 spiro atoms. The molecule has 0 unspecified atom stereocenters. The van der Waals surface area contributed by atoms with Crippen molar-refractivity contribution < 1.29 is 9.53 Å². The minimum atomic E-state index is -0.491. The molecule has 0 radical (unpaired) electrons. The largest absolute Gasteiger partial charge is 0.494 e. The molecule has 2 heterocycles. The zero-order valence-electron chi connectivity index (χ0n) is 15.6. The molecule has 28 heavy (non-hydrogen) atoms. The van der Waals surface area contributed by atoms with Gasteiger partial charge in [0.2, 0.25) is 5.91 Å². The fraction of sp³-hybridized carbons (Fsp3) is 0.250. The number of benzene rings is 1. The van der Waals surface area contributed by atoms with Crippen molar-refractivity contribution >= 4 is 28.6 Å². The highest BCUT2D eigenvalue weighted by molar-refractivity contribution is 7.13. The van der Waals surface area contributed by atoms with Gasteiger partial charge in [-0.1, -0.05) is 19.4 Å². The molecule has 146 valence electrons. The summed E-state index contributed by atoms with van der Waals surface area (Å²) in [5.74, 6) is 0.387. The summed E-state index contributed by atoms with van der Waals surface area (Å²) in [4.78, 5) is 25.5. The van der Waals surface area contributed by atoms with Crippen molar-refractivity contribution in [2.75, 3.05) is 17.7 Å². The first kappa shape index (κ1) is 19.6. The number of hydrogen-bond donors (Lipinski definition) is 2. The second kappa shape index (κ2) is 9.18. The van der Waals surface area contributed by atoms with Gasteiger partial charge >= 0.3 is 0 Å². The molecule has 0 atom stereocenters.